The van der Waals surface area contributed by atoms with Gasteiger partial charge in [-0.25, -0.2) is 0 Å². The van der Waals surface area contributed by atoms with Crippen LogP contribution in [0.3, 0.4) is 0 Å². The Hall–Kier alpha value is -3.64. The van der Waals surface area contributed by atoms with Crippen molar-refractivity contribution >= 4 is 27.8 Å². The summed E-state index contributed by atoms with van der Waals surface area (Å²) in [5, 5.41) is 21.1. The molecule has 1 aliphatic carbocycles. The van der Waals surface area contributed by atoms with E-state index in [1.54, 1.807) is 30.2 Å². The first-order chi connectivity index (χ1) is 14.5. The number of rotatable bonds is 4. The number of nitro groups is 1. The molecule has 2 aromatic rings. The van der Waals surface area contributed by atoms with Crippen LogP contribution >= 0.6 is 11.3 Å². The Morgan fingerprint density at radius 3 is 2.60 bits per heavy atom. The number of thiophene rings is 1. The standard InChI is InChI=1S/C21H18N4O4S/c1-29-13-7-5-12(6-8-13)24-15-3-2-4-16(26)20(15)19(14(11-22)21(24)23)17-9-10-18(30-17)25(27)28/h5-10,19H,2-4,23H2,1H3/t19-/m0/s1. The minimum atomic E-state index is -0.689. The molecule has 1 aromatic heterocycles. The first kappa shape index (κ1) is 19.7. The number of anilines is 1. The second kappa shape index (κ2) is 7.65. The molecule has 2 aliphatic rings. The Kier molecular flexibility index (Phi) is 5.01. The lowest BCUT2D eigenvalue weighted by atomic mass is 9.78. The number of carbonyl (C=O) groups excluding carboxylic acids is 1. The molecule has 0 fully saturated rings. The van der Waals surface area contributed by atoms with Gasteiger partial charge in [0.1, 0.15) is 11.6 Å². The summed E-state index contributed by atoms with van der Waals surface area (Å²) < 4.78 is 5.21. The van der Waals surface area contributed by atoms with Crippen LogP contribution in [-0.2, 0) is 4.79 Å². The van der Waals surface area contributed by atoms with Gasteiger partial charge in [0, 0.05) is 34.3 Å². The highest BCUT2D eigenvalue weighted by atomic mass is 32.1. The van der Waals surface area contributed by atoms with E-state index in [1.165, 1.54) is 6.07 Å². The summed E-state index contributed by atoms with van der Waals surface area (Å²) in [7, 11) is 1.57. The smallest absolute Gasteiger partial charge is 0.324 e. The van der Waals surface area contributed by atoms with Crippen LogP contribution in [-0.4, -0.2) is 17.8 Å². The number of nitrogens with two attached hydrogens (primary N) is 1. The van der Waals surface area contributed by atoms with Crippen molar-refractivity contribution in [3.63, 3.8) is 0 Å². The van der Waals surface area contributed by atoms with E-state index in [1.807, 2.05) is 12.1 Å². The number of ketones is 1. The maximum atomic E-state index is 13.0. The highest BCUT2D eigenvalue weighted by Crippen LogP contribution is 2.48. The van der Waals surface area contributed by atoms with E-state index in [0.717, 1.165) is 22.7 Å². The SMILES string of the molecule is COc1ccc(N2C(N)=C(C#N)[C@@H](c3ccc([N+](=O)[O-])s3)C3=C2CCCC3=O)cc1. The van der Waals surface area contributed by atoms with Gasteiger partial charge in [0.25, 0.3) is 0 Å². The molecule has 0 bridgehead atoms. The lowest BCUT2D eigenvalue weighted by Gasteiger charge is -2.39. The topological polar surface area (TPSA) is 122 Å². The monoisotopic (exact) mass is 422 g/mol. The lowest BCUT2D eigenvalue weighted by molar-refractivity contribution is -0.380. The van der Waals surface area contributed by atoms with Gasteiger partial charge >= 0.3 is 5.00 Å². The van der Waals surface area contributed by atoms with Gasteiger partial charge in [-0.05, 0) is 43.2 Å². The van der Waals surface area contributed by atoms with Gasteiger partial charge in [-0.2, -0.15) is 5.26 Å². The van der Waals surface area contributed by atoms with E-state index in [0.29, 0.717) is 35.5 Å². The van der Waals surface area contributed by atoms with Crippen LogP contribution in [0.1, 0.15) is 30.1 Å². The van der Waals surface area contributed by atoms with Crippen molar-refractivity contribution < 1.29 is 14.5 Å². The van der Waals surface area contributed by atoms with E-state index in [2.05, 4.69) is 6.07 Å². The third kappa shape index (κ3) is 3.11. The number of hydrogen-bond acceptors (Lipinski definition) is 8. The first-order valence-corrected chi connectivity index (χ1v) is 10.1. The Bertz CT molecular complexity index is 1140. The second-order valence-electron chi connectivity index (χ2n) is 6.95. The molecule has 8 nitrogen and oxygen atoms in total. The predicted octanol–water partition coefficient (Wildman–Crippen LogP) is 3.97. The molecule has 30 heavy (non-hydrogen) atoms. The van der Waals surface area contributed by atoms with Crippen LogP contribution in [0.25, 0.3) is 0 Å². The van der Waals surface area contributed by atoms with Crippen LogP contribution in [0, 0.1) is 21.4 Å². The highest BCUT2D eigenvalue weighted by molar-refractivity contribution is 7.15. The van der Waals surface area contributed by atoms with Crippen LogP contribution in [0.15, 0.2) is 59.1 Å². The lowest BCUT2D eigenvalue weighted by Crippen LogP contribution is -2.38. The third-order valence-corrected chi connectivity index (χ3v) is 6.42. The van der Waals surface area contributed by atoms with Crippen LogP contribution in [0.4, 0.5) is 10.7 Å². The molecule has 0 amide bonds. The number of Topliss-reactive ketones (excluding diaryl/α,β-unsaturated/α-hetero) is 1. The fourth-order valence-corrected chi connectivity index (χ4v) is 4.93. The zero-order valence-electron chi connectivity index (χ0n) is 16.1. The van der Waals surface area contributed by atoms with Gasteiger partial charge in [-0.1, -0.05) is 11.3 Å². The van der Waals surface area contributed by atoms with Crippen LogP contribution < -0.4 is 15.4 Å². The molecular formula is C21H18N4O4S. The average molecular weight is 422 g/mol. The molecule has 0 unspecified atom stereocenters. The van der Waals surface area contributed by atoms with E-state index in [-0.39, 0.29) is 22.2 Å². The van der Waals surface area contributed by atoms with E-state index in [9.17, 15) is 20.2 Å². The molecule has 4 rings (SSSR count). The zero-order valence-corrected chi connectivity index (χ0v) is 16.9. The van der Waals surface area contributed by atoms with Crippen molar-refractivity contribution in [1.29, 1.82) is 5.26 Å². The van der Waals surface area contributed by atoms with Gasteiger partial charge in [-0.15, -0.1) is 0 Å². The molecule has 1 aliphatic heterocycles. The molecule has 0 radical (unpaired) electrons. The van der Waals surface area contributed by atoms with Crippen molar-refractivity contribution in [2.45, 2.75) is 25.2 Å². The number of methoxy groups -OCH3 is 1. The number of ether oxygens (including phenoxy) is 1. The molecular weight excluding hydrogens is 404 g/mol. The highest BCUT2D eigenvalue weighted by Gasteiger charge is 2.41. The Labute approximate surface area is 176 Å². The predicted molar refractivity (Wildman–Crippen MR) is 112 cm³/mol. The fraction of sp³-hybridized carbons (Fsp3) is 0.238. The van der Waals surface area contributed by atoms with E-state index in [4.69, 9.17) is 10.5 Å². The number of carbonyl (C=O) groups is 1. The molecule has 1 atom stereocenters. The van der Waals surface area contributed by atoms with Gasteiger partial charge in [-0.3, -0.25) is 19.8 Å². The number of allylic oxidation sites excluding steroid dienone is 3. The summed E-state index contributed by atoms with van der Waals surface area (Å²) in [5.74, 6) is 0.163. The van der Waals surface area contributed by atoms with Crippen molar-refractivity contribution in [2.75, 3.05) is 12.0 Å². The Balaban J connectivity index is 1.91. The summed E-state index contributed by atoms with van der Waals surface area (Å²) in [6.45, 7) is 0. The van der Waals surface area contributed by atoms with Gasteiger partial charge < -0.3 is 10.5 Å². The molecule has 2 heterocycles. The molecule has 0 spiro atoms. The molecule has 2 N–H and O–H groups in total. The normalized spacial score (nSPS) is 18.9. The maximum absolute atomic E-state index is 13.0. The van der Waals surface area contributed by atoms with Crippen molar-refractivity contribution in [3.8, 4) is 11.8 Å². The summed E-state index contributed by atoms with van der Waals surface area (Å²) in [6, 6.07) is 12.4. The fourth-order valence-electron chi connectivity index (χ4n) is 3.99. The molecule has 152 valence electrons. The Morgan fingerprint density at radius 2 is 2.00 bits per heavy atom. The minimum Gasteiger partial charge on any atom is -0.497 e. The van der Waals surface area contributed by atoms with Crippen molar-refractivity contribution in [3.05, 3.63) is 74.1 Å². The summed E-state index contributed by atoms with van der Waals surface area (Å²) >= 11 is 0.967. The molecule has 1 aromatic carbocycles. The summed E-state index contributed by atoms with van der Waals surface area (Å²) in [4.78, 5) is 26.0. The zero-order chi connectivity index (χ0) is 21.4. The summed E-state index contributed by atoms with van der Waals surface area (Å²) in [5.41, 5.74) is 8.64. The quantitative estimate of drug-likeness (QED) is 0.584. The number of nitriles is 1. The Morgan fingerprint density at radius 1 is 1.27 bits per heavy atom. The molecule has 9 heteroatoms. The van der Waals surface area contributed by atoms with Crippen LogP contribution in [0.5, 0.6) is 5.75 Å². The molecule has 0 saturated heterocycles. The van der Waals surface area contributed by atoms with Crippen molar-refractivity contribution in [2.24, 2.45) is 5.73 Å². The van der Waals surface area contributed by atoms with Gasteiger partial charge in [0.15, 0.2) is 5.78 Å². The second-order valence-corrected chi connectivity index (χ2v) is 8.04. The maximum Gasteiger partial charge on any atom is 0.324 e. The third-order valence-electron chi connectivity index (χ3n) is 5.32. The average Bonchev–Trinajstić information content (AvgIpc) is 3.23. The largest absolute Gasteiger partial charge is 0.497 e. The van der Waals surface area contributed by atoms with Gasteiger partial charge in [0.05, 0.1) is 29.6 Å². The minimum absolute atomic E-state index is 0.0381. The van der Waals surface area contributed by atoms with Crippen molar-refractivity contribution in [1.82, 2.24) is 0 Å². The number of hydrogen-bond donors (Lipinski definition) is 1. The summed E-state index contributed by atoms with van der Waals surface area (Å²) in [6.07, 6.45) is 1.67. The molecule has 0 saturated carbocycles. The van der Waals surface area contributed by atoms with E-state index < -0.39 is 10.8 Å². The van der Waals surface area contributed by atoms with Gasteiger partial charge in [0.2, 0.25) is 0 Å². The first-order valence-electron chi connectivity index (χ1n) is 9.30. The number of nitrogens with zero attached hydrogens (tertiary/aromatic N) is 3. The van der Waals surface area contributed by atoms with Crippen LogP contribution in [0.2, 0.25) is 0 Å². The number of benzene rings is 1. The van der Waals surface area contributed by atoms with E-state index >= 15 is 0 Å².